The van der Waals surface area contributed by atoms with Gasteiger partial charge in [-0.1, -0.05) is 23.7 Å². The summed E-state index contributed by atoms with van der Waals surface area (Å²) >= 11 is 7.22. The van der Waals surface area contributed by atoms with Crippen molar-refractivity contribution in [2.75, 3.05) is 39.2 Å². The maximum Gasteiger partial charge on any atom is 0.312 e. The molecule has 158 valence electrons. The van der Waals surface area contributed by atoms with Gasteiger partial charge in [-0.3, -0.25) is 24.6 Å². The highest BCUT2D eigenvalue weighted by Gasteiger charge is 2.41. The van der Waals surface area contributed by atoms with Crippen LogP contribution in [0.15, 0.2) is 41.3 Å². The number of rotatable bonds is 6. The highest BCUT2D eigenvalue weighted by Crippen LogP contribution is 2.49. The minimum absolute atomic E-state index is 0.0636. The van der Waals surface area contributed by atoms with Crippen molar-refractivity contribution in [2.24, 2.45) is 0 Å². The van der Waals surface area contributed by atoms with E-state index in [1.807, 2.05) is 19.0 Å². The average Bonchev–Trinajstić information content (AvgIpc) is 2.81. The Morgan fingerprint density at radius 1 is 1.20 bits per heavy atom. The summed E-state index contributed by atoms with van der Waals surface area (Å²) in [4.78, 5) is 40.9. The molecule has 1 atom stereocenters. The molecule has 1 aliphatic heterocycles. The van der Waals surface area contributed by atoms with Gasteiger partial charge in [-0.25, -0.2) is 0 Å². The molecule has 1 aliphatic rings. The number of nitrogens with zero attached hydrogens (tertiary/aromatic N) is 3. The molecule has 0 aromatic heterocycles. The summed E-state index contributed by atoms with van der Waals surface area (Å²) in [5, 5.41) is 10.8. The molecule has 0 aliphatic carbocycles. The zero-order chi connectivity index (χ0) is 22.0. The Morgan fingerprint density at radius 2 is 1.87 bits per heavy atom. The number of Topliss-reactive ketones (excluding diaryl/α,β-unsaturated/α-hetero) is 1. The van der Waals surface area contributed by atoms with E-state index in [2.05, 4.69) is 0 Å². The van der Waals surface area contributed by atoms with Crippen molar-refractivity contribution >= 4 is 46.4 Å². The molecule has 10 heteroatoms. The molecular formula is C20H20ClN3O5S. The predicted molar refractivity (Wildman–Crippen MR) is 116 cm³/mol. The van der Waals surface area contributed by atoms with Gasteiger partial charge in [0, 0.05) is 18.0 Å². The monoisotopic (exact) mass is 449 g/mol. The second-order valence-electron chi connectivity index (χ2n) is 6.90. The number of halogens is 1. The number of benzene rings is 2. The number of nitro groups is 1. The summed E-state index contributed by atoms with van der Waals surface area (Å²) in [6, 6.07) is 9.85. The molecule has 0 spiro atoms. The van der Waals surface area contributed by atoms with Crippen LogP contribution < -0.4 is 9.64 Å². The maximum absolute atomic E-state index is 13.2. The third-order valence-electron chi connectivity index (χ3n) is 4.65. The first kappa shape index (κ1) is 22.1. The van der Waals surface area contributed by atoms with Gasteiger partial charge in [0.05, 0.1) is 12.0 Å². The number of hydrogen-bond donors (Lipinski definition) is 0. The van der Waals surface area contributed by atoms with E-state index in [1.54, 1.807) is 30.3 Å². The van der Waals surface area contributed by atoms with Gasteiger partial charge in [0.25, 0.3) is 5.91 Å². The van der Waals surface area contributed by atoms with Gasteiger partial charge < -0.3 is 9.64 Å². The fourth-order valence-corrected chi connectivity index (χ4v) is 4.55. The number of carbonyl (C=O) groups is 2. The summed E-state index contributed by atoms with van der Waals surface area (Å²) in [6.45, 7) is 0.529. The van der Waals surface area contributed by atoms with Gasteiger partial charge in [-0.2, -0.15) is 0 Å². The van der Waals surface area contributed by atoms with Crippen molar-refractivity contribution in [3.05, 3.63) is 57.1 Å². The fraction of sp³-hybridized carbons (Fsp3) is 0.300. The van der Waals surface area contributed by atoms with Crippen molar-refractivity contribution in [1.82, 2.24) is 4.90 Å². The number of anilines is 1. The normalized spacial score (nSPS) is 16.4. The van der Waals surface area contributed by atoms with Crippen LogP contribution in [0.1, 0.15) is 10.8 Å². The van der Waals surface area contributed by atoms with E-state index in [0.717, 1.165) is 11.8 Å². The number of carbonyl (C=O) groups excluding carboxylic acids is 2. The van der Waals surface area contributed by atoms with Crippen molar-refractivity contribution in [3.63, 3.8) is 0 Å². The van der Waals surface area contributed by atoms with Crippen LogP contribution >= 0.6 is 23.4 Å². The highest BCUT2D eigenvalue weighted by molar-refractivity contribution is 8.00. The third kappa shape index (κ3) is 4.28. The number of methoxy groups -OCH3 is 1. The molecule has 30 heavy (non-hydrogen) atoms. The molecule has 0 bridgehead atoms. The van der Waals surface area contributed by atoms with Crippen LogP contribution in [0.4, 0.5) is 11.4 Å². The van der Waals surface area contributed by atoms with Crippen LogP contribution in [0.2, 0.25) is 5.02 Å². The van der Waals surface area contributed by atoms with Crippen LogP contribution in [0.5, 0.6) is 5.75 Å². The summed E-state index contributed by atoms with van der Waals surface area (Å²) in [5.74, 6) is -0.827. The molecule has 1 unspecified atom stereocenters. The standard InChI is InChI=1S/C20H20ClN3O5S/c1-22(2)10-11-23-17-15(9-8-14(21)16(17)24(27)28)30-19(18(25)20(23)26)12-4-6-13(29-3)7-5-12/h4-9,19H,10-11H2,1-3H3. The SMILES string of the molecule is COc1ccc(C2Sc3ccc(Cl)c([N+](=O)[O-])c3N(CCN(C)C)C(=O)C2=O)cc1. The zero-order valence-corrected chi connectivity index (χ0v) is 18.2. The maximum atomic E-state index is 13.2. The van der Waals surface area contributed by atoms with E-state index in [4.69, 9.17) is 16.3 Å². The number of likely N-dealkylation sites (N-methyl/N-ethyl adjacent to an activating group) is 1. The van der Waals surface area contributed by atoms with E-state index in [-0.39, 0.29) is 22.9 Å². The van der Waals surface area contributed by atoms with Crippen molar-refractivity contribution in [2.45, 2.75) is 10.1 Å². The van der Waals surface area contributed by atoms with Crippen LogP contribution in [0.25, 0.3) is 0 Å². The molecule has 0 saturated carbocycles. The lowest BCUT2D eigenvalue weighted by atomic mass is 10.1. The quantitative estimate of drug-likeness (QED) is 0.378. The van der Waals surface area contributed by atoms with Crippen LogP contribution in [-0.2, 0) is 9.59 Å². The Hall–Kier alpha value is -2.62. The number of nitro benzene ring substituents is 1. The first-order valence-corrected chi connectivity index (χ1v) is 10.3. The molecule has 0 radical (unpaired) electrons. The van der Waals surface area contributed by atoms with E-state index >= 15 is 0 Å². The molecular weight excluding hydrogens is 430 g/mol. The Morgan fingerprint density at radius 3 is 2.43 bits per heavy atom. The highest BCUT2D eigenvalue weighted by atomic mass is 35.5. The van der Waals surface area contributed by atoms with Crippen molar-refractivity contribution in [3.8, 4) is 5.75 Å². The first-order valence-electron chi connectivity index (χ1n) is 9.02. The fourth-order valence-electron chi connectivity index (χ4n) is 3.10. The Balaban J connectivity index is 2.15. The Bertz CT molecular complexity index is 997. The smallest absolute Gasteiger partial charge is 0.312 e. The van der Waals surface area contributed by atoms with Gasteiger partial charge >= 0.3 is 5.69 Å². The summed E-state index contributed by atoms with van der Waals surface area (Å²) in [6.07, 6.45) is 0. The Labute approximate surface area is 182 Å². The number of amides is 1. The Kier molecular flexibility index (Phi) is 6.64. The number of ketones is 1. The first-order chi connectivity index (χ1) is 14.2. The van der Waals surface area contributed by atoms with Gasteiger partial charge in [-0.15, -0.1) is 11.8 Å². The predicted octanol–water partition coefficient (Wildman–Crippen LogP) is 3.57. The average molecular weight is 450 g/mol. The molecule has 8 nitrogen and oxygen atoms in total. The van der Waals surface area contributed by atoms with Gasteiger partial charge in [0.1, 0.15) is 21.7 Å². The molecule has 2 aromatic carbocycles. The molecule has 2 aromatic rings. The second-order valence-corrected chi connectivity index (χ2v) is 8.45. The topological polar surface area (TPSA) is 93.0 Å². The number of hydrogen-bond acceptors (Lipinski definition) is 7. The minimum Gasteiger partial charge on any atom is -0.497 e. The second kappa shape index (κ2) is 9.03. The van der Waals surface area contributed by atoms with E-state index in [9.17, 15) is 19.7 Å². The lowest BCUT2D eigenvalue weighted by Gasteiger charge is -2.23. The third-order valence-corrected chi connectivity index (χ3v) is 6.26. The van der Waals surface area contributed by atoms with Crippen LogP contribution in [0.3, 0.4) is 0 Å². The number of ether oxygens (including phenoxy) is 1. The lowest BCUT2D eigenvalue weighted by Crippen LogP contribution is -2.41. The van der Waals surface area contributed by atoms with Gasteiger partial charge in [0.2, 0.25) is 5.78 Å². The van der Waals surface area contributed by atoms with Gasteiger partial charge in [0.15, 0.2) is 0 Å². The molecule has 3 rings (SSSR count). The number of thioether (sulfide) groups is 1. The van der Waals surface area contributed by atoms with E-state index < -0.39 is 21.9 Å². The van der Waals surface area contributed by atoms with E-state index in [0.29, 0.717) is 22.8 Å². The van der Waals surface area contributed by atoms with Gasteiger partial charge in [-0.05, 0) is 43.9 Å². The number of fused-ring (bicyclic) bond motifs is 1. The molecule has 0 fully saturated rings. The summed E-state index contributed by atoms with van der Waals surface area (Å²) < 4.78 is 5.15. The zero-order valence-electron chi connectivity index (χ0n) is 16.6. The van der Waals surface area contributed by atoms with Crippen LogP contribution in [-0.4, -0.2) is 55.8 Å². The van der Waals surface area contributed by atoms with Crippen molar-refractivity contribution in [1.29, 1.82) is 0 Å². The van der Waals surface area contributed by atoms with E-state index in [1.165, 1.54) is 18.1 Å². The summed E-state index contributed by atoms with van der Waals surface area (Å²) in [7, 11) is 5.16. The van der Waals surface area contributed by atoms with Crippen molar-refractivity contribution < 1.29 is 19.2 Å². The minimum atomic E-state index is -0.840. The molecule has 1 amide bonds. The lowest BCUT2D eigenvalue weighted by molar-refractivity contribution is -0.384. The summed E-state index contributed by atoms with van der Waals surface area (Å²) in [5.41, 5.74) is 0.294. The molecule has 1 heterocycles. The largest absolute Gasteiger partial charge is 0.497 e. The van der Waals surface area contributed by atoms with Crippen LogP contribution in [0, 0.1) is 10.1 Å². The molecule has 0 saturated heterocycles. The molecule has 0 N–H and O–H groups in total.